The average molecular weight is 260 g/mol. The number of hydrogen-bond acceptors (Lipinski definition) is 2. The topological polar surface area (TPSA) is 59.1 Å². The lowest BCUT2D eigenvalue weighted by molar-refractivity contribution is 0.181. The summed E-state index contributed by atoms with van der Waals surface area (Å²) < 4.78 is 6.22. The van der Waals surface area contributed by atoms with Gasteiger partial charge >= 0.3 is 0 Å². The number of rotatable bonds is 3. The minimum absolute atomic E-state index is 0.118. The van der Waals surface area contributed by atoms with E-state index in [1.165, 1.54) is 25.7 Å². The highest BCUT2D eigenvalue weighted by molar-refractivity contribution is 5.95. The van der Waals surface area contributed by atoms with Gasteiger partial charge in [-0.3, -0.25) is 5.41 Å². The summed E-state index contributed by atoms with van der Waals surface area (Å²) in [7, 11) is 0. The number of nitrogen functional groups attached to an aromatic ring is 1. The van der Waals surface area contributed by atoms with E-state index in [-0.39, 0.29) is 5.84 Å². The van der Waals surface area contributed by atoms with Gasteiger partial charge in [-0.15, -0.1) is 0 Å². The maximum Gasteiger partial charge on any atom is 0.125 e. The van der Waals surface area contributed by atoms with Crippen molar-refractivity contribution in [1.82, 2.24) is 0 Å². The lowest BCUT2D eigenvalue weighted by atomic mass is 10.0. The van der Waals surface area contributed by atoms with E-state index in [1.54, 1.807) is 0 Å². The molecule has 104 valence electrons. The second-order valence-electron chi connectivity index (χ2n) is 5.58. The van der Waals surface area contributed by atoms with Gasteiger partial charge in [-0.25, -0.2) is 0 Å². The fraction of sp³-hybridized carbons (Fsp3) is 0.562. The molecule has 0 atom stereocenters. The Kier molecular flexibility index (Phi) is 4.46. The second kappa shape index (κ2) is 6.09. The van der Waals surface area contributed by atoms with Gasteiger partial charge in [0.25, 0.3) is 0 Å². The zero-order valence-electron chi connectivity index (χ0n) is 12.0. The van der Waals surface area contributed by atoms with Gasteiger partial charge in [0.1, 0.15) is 11.6 Å². The van der Waals surface area contributed by atoms with E-state index in [2.05, 4.69) is 0 Å². The summed E-state index contributed by atoms with van der Waals surface area (Å²) in [6.45, 7) is 4.07. The summed E-state index contributed by atoms with van der Waals surface area (Å²) in [4.78, 5) is 0. The molecule has 0 unspecified atom stereocenters. The Labute approximate surface area is 115 Å². The Balaban J connectivity index is 2.17. The van der Waals surface area contributed by atoms with Crippen LogP contribution in [0.4, 0.5) is 0 Å². The quantitative estimate of drug-likeness (QED) is 0.494. The molecule has 1 aromatic rings. The summed E-state index contributed by atoms with van der Waals surface area (Å²) in [6, 6.07) is 3.89. The maximum atomic E-state index is 7.52. The second-order valence-corrected chi connectivity index (χ2v) is 5.58. The van der Waals surface area contributed by atoms with Gasteiger partial charge in [0.05, 0.1) is 6.10 Å². The summed E-state index contributed by atoms with van der Waals surface area (Å²) >= 11 is 0. The summed E-state index contributed by atoms with van der Waals surface area (Å²) in [5.74, 6) is 1.10. The van der Waals surface area contributed by atoms with Gasteiger partial charge in [0, 0.05) is 5.56 Å². The molecule has 2 rings (SSSR count). The van der Waals surface area contributed by atoms with E-state index in [1.807, 2.05) is 26.0 Å². The largest absolute Gasteiger partial charge is 0.490 e. The Bertz CT molecular complexity index is 437. The molecule has 3 heteroatoms. The molecular formula is C16H24N2O. The third-order valence-electron chi connectivity index (χ3n) is 3.86. The molecule has 1 aliphatic carbocycles. The lowest BCUT2D eigenvalue weighted by Gasteiger charge is -2.21. The lowest BCUT2D eigenvalue weighted by Crippen LogP contribution is -2.17. The Morgan fingerprint density at radius 3 is 2.11 bits per heavy atom. The van der Waals surface area contributed by atoms with Gasteiger partial charge in [0.15, 0.2) is 0 Å². The summed E-state index contributed by atoms with van der Waals surface area (Å²) in [6.07, 6.45) is 7.88. The van der Waals surface area contributed by atoms with Crippen molar-refractivity contribution in [2.75, 3.05) is 0 Å². The van der Waals surface area contributed by atoms with Gasteiger partial charge in [-0.2, -0.15) is 0 Å². The molecule has 0 amide bonds. The number of amidine groups is 1. The van der Waals surface area contributed by atoms with E-state index >= 15 is 0 Å². The highest BCUT2D eigenvalue weighted by Gasteiger charge is 2.16. The maximum absolute atomic E-state index is 7.52. The van der Waals surface area contributed by atoms with Gasteiger partial charge in [0.2, 0.25) is 0 Å². The third kappa shape index (κ3) is 3.49. The van der Waals surface area contributed by atoms with E-state index in [9.17, 15) is 0 Å². The fourth-order valence-electron chi connectivity index (χ4n) is 2.82. The molecule has 0 bridgehead atoms. The van der Waals surface area contributed by atoms with E-state index in [0.717, 1.165) is 35.3 Å². The minimum Gasteiger partial charge on any atom is -0.490 e. The van der Waals surface area contributed by atoms with Gasteiger partial charge < -0.3 is 10.5 Å². The van der Waals surface area contributed by atoms with E-state index in [0.29, 0.717) is 6.10 Å². The fourth-order valence-corrected chi connectivity index (χ4v) is 2.82. The SMILES string of the molecule is Cc1cc(C(=N)N)cc(C)c1OC1CCCCCC1. The summed E-state index contributed by atoms with van der Waals surface area (Å²) in [5, 5.41) is 7.52. The molecule has 19 heavy (non-hydrogen) atoms. The Morgan fingerprint density at radius 2 is 1.63 bits per heavy atom. The van der Waals surface area contributed by atoms with Gasteiger partial charge in [-0.1, -0.05) is 12.8 Å². The normalized spacial score (nSPS) is 16.9. The molecule has 1 aromatic carbocycles. The predicted molar refractivity (Wildman–Crippen MR) is 79.1 cm³/mol. The molecule has 0 spiro atoms. The number of ether oxygens (including phenoxy) is 1. The van der Waals surface area contributed by atoms with Crippen molar-refractivity contribution in [2.24, 2.45) is 5.73 Å². The first-order valence-corrected chi connectivity index (χ1v) is 7.20. The van der Waals surface area contributed by atoms with Crippen LogP contribution in [0, 0.1) is 19.3 Å². The molecule has 0 radical (unpaired) electrons. The molecule has 3 nitrogen and oxygen atoms in total. The van der Waals surface area contributed by atoms with Crippen LogP contribution >= 0.6 is 0 Å². The van der Waals surface area contributed by atoms with Crippen LogP contribution in [0.15, 0.2) is 12.1 Å². The first-order valence-electron chi connectivity index (χ1n) is 7.20. The number of nitrogens with two attached hydrogens (primary N) is 1. The van der Waals surface area contributed by atoms with Crippen LogP contribution in [0.3, 0.4) is 0 Å². The van der Waals surface area contributed by atoms with Crippen LogP contribution in [0.1, 0.15) is 55.2 Å². The molecule has 0 saturated heterocycles. The highest BCUT2D eigenvalue weighted by atomic mass is 16.5. The molecule has 1 aliphatic rings. The molecule has 3 N–H and O–H groups in total. The number of aryl methyl sites for hydroxylation is 2. The van der Waals surface area contributed by atoms with Crippen LogP contribution < -0.4 is 10.5 Å². The van der Waals surface area contributed by atoms with Crippen molar-refractivity contribution in [1.29, 1.82) is 5.41 Å². The molecule has 0 heterocycles. The zero-order valence-corrected chi connectivity index (χ0v) is 12.0. The van der Waals surface area contributed by atoms with Crippen molar-refractivity contribution in [3.63, 3.8) is 0 Å². The first-order chi connectivity index (χ1) is 9.08. The molecular weight excluding hydrogens is 236 g/mol. The van der Waals surface area contributed by atoms with Crippen molar-refractivity contribution < 1.29 is 4.74 Å². The number of nitrogens with one attached hydrogen (secondary N) is 1. The van der Waals surface area contributed by atoms with Crippen LogP contribution in [0.2, 0.25) is 0 Å². The third-order valence-corrected chi connectivity index (χ3v) is 3.86. The van der Waals surface area contributed by atoms with Crippen LogP contribution in [-0.4, -0.2) is 11.9 Å². The predicted octanol–water partition coefficient (Wildman–Crippen LogP) is 3.69. The van der Waals surface area contributed by atoms with E-state index < -0.39 is 0 Å². The molecule has 0 aromatic heterocycles. The number of hydrogen-bond donors (Lipinski definition) is 2. The van der Waals surface area contributed by atoms with Crippen molar-refractivity contribution in [3.8, 4) is 5.75 Å². The molecule has 1 fully saturated rings. The standard InChI is InChI=1S/C16H24N2O/c1-11-9-13(16(17)18)10-12(2)15(11)19-14-7-5-3-4-6-8-14/h9-10,14H,3-8H2,1-2H3,(H3,17,18). The van der Waals surface area contributed by atoms with Crippen LogP contribution in [0.5, 0.6) is 5.75 Å². The van der Waals surface area contributed by atoms with Crippen LogP contribution in [-0.2, 0) is 0 Å². The zero-order chi connectivity index (χ0) is 13.8. The van der Waals surface area contributed by atoms with Gasteiger partial charge in [-0.05, 0) is 62.8 Å². The average Bonchev–Trinajstić information content (AvgIpc) is 2.61. The van der Waals surface area contributed by atoms with Crippen molar-refractivity contribution in [3.05, 3.63) is 28.8 Å². The summed E-state index contributed by atoms with van der Waals surface area (Å²) in [5.41, 5.74) is 8.49. The minimum atomic E-state index is 0.118. The van der Waals surface area contributed by atoms with Crippen LogP contribution in [0.25, 0.3) is 0 Å². The van der Waals surface area contributed by atoms with Crippen molar-refractivity contribution in [2.45, 2.75) is 58.5 Å². The van der Waals surface area contributed by atoms with E-state index in [4.69, 9.17) is 15.9 Å². The molecule has 0 aliphatic heterocycles. The number of benzene rings is 1. The Morgan fingerprint density at radius 1 is 1.11 bits per heavy atom. The van der Waals surface area contributed by atoms with Crippen molar-refractivity contribution >= 4 is 5.84 Å². The first kappa shape index (κ1) is 13.9. The smallest absolute Gasteiger partial charge is 0.125 e. The highest BCUT2D eigenvalue weighted by Crippen LogP contribution is 2.29. The molecule has 1 saturated carbocycles. The Hall–Kier alpha value is -1.51. The monoisotopic (exact) mass is 260 g/mol.